The summed E-state index contributed by atoms with van der Waals surface area (Å²) in [4.78, 5) is 63.5. The standard InChI is InChI=1S/C18H18N2O6.2C2H6/c1-18(2,3)26-17(25)20-13(21)9-8-12(16(20)24)19-14(22)10-6-4-5-7-11(10)15(19)23;2*1-2/h4-7,12H,8-9H2,1-3H3;2*1-2H3. The van der Waals surface area contributed by atoms with E-state index in [1.807, 2.05) is 27.7 Å². The fourth-order valence-electron chi connectivity index (χ4n) is 3.00. The molecule has 1 unspecified atom stereocenters. The molecule has 1 aromatic rings. The van der Waals surface area contributed by atoms with E-state index < -0.39 is 41.4 Å². The van der Waals surface area contributed by atoms with Crippen molar-refractivity contribution in [2.45, 2.75) is 73.0 Å². The molecule has 1 saturated heterocycles. The van der Waals surface area contributed by atoms with Crippen molar-refractivity contribution in [2.75, 3.05) is 0 Å². The maximum atomic E-state index is 12.8. The van der Waals surface area contributed by atoms with Crippen molar-refractivity contribution >= 4 is 29.7 Å². The van der Waals surface area contributed by atoms with Gasteiger partial charge in [0.2, 0.25) is 5.91 Å². The fourth-order valence-corrected chi connectivity index (χ4v) is 3.00. The van der Waals surface area contributed by atoms with E-state index in [4.69, 9.17) is 4.74 Å². The van der Waals surface area contributed by atoms with Crippen LogP contribution in [0.25, 0.3) is 0 Å². The fraction of sp³-hybridized carbons (Fsp3) is 0.500. The highest BCUT2D eigenvalue weighted by Crippen LogP contribution is 2.29. The molecular formula is C22H30N2O6. The lowest BCUT2D eigenvalue weighted by Crippen LogP contribution is -2.58. The third-order valence-electron chi connectivity index (χ3n) is 4.10. The number of piperidine rings is 1. The van der Waals surface area contributed by atoms with Gasteiger partial charge in [-0.2, -0.15) is 4.90 Å². The van der Waals surface area contributed by atoms with E-state index >= 15 is 0 Å². The van der Waals surface area contributed by atoms with Crippen molar-refractivity contribution in [1.82, 2.24) is 9.80 Å². The van der Waals surface area contributed by atoms with Gasteiger partial charge in [-0.3, -0.25) is 24.1 Å². The van der Waals surface area contributed by atoms with Gasteiger partial charge in [0, 0.05) is 6.42 Å². The average molecular weight is 418 g/mol. The lowest BCUT2D eigenvalue weighted by Gasteiger charge is -2.34. The van der Waals surface area contributed by atoms with E-state index in [0.717, 1.165) is 4.90 Å². The lowest BCUT2D eigenvalue weighted by atomic mass is 10.0. The second kappa shape index (κ2) is 10.1. The van der Waals surface area contributed by atoms with Gasteiger partial charge in [0.15, 0.2) is 0 Å². The van der Waals surface area contributed by atoms with Gasteiger partial charge in [0.1, 0.15) is 11.6 Å². The van der Waals surface area contributed by atoms with Crippen LogP contribution < -0.4 is 0 Å². The maximum Gasteiger partial charge on any atom is 0.424 e. The predicted octanol–water partition coefficient (Wildman–Crippen LogP) is 3.79. The third kappa shape index (κ3) is 4.93. The summed E-state index contributed by atoms with van der Waals surface area (Å²) in [6.07, 6.45) is -1.28. The first-order valence-electron chi connectivity index (χ1n) is 10.2. The summed E-state index contributed by atoms with van der Waals surface area (Å²) < 4.78 is 5.10. The first kappa shape index (κ1) is 25.0. The first-order valence-corrected chi connectivity index (χ1v) is 10.2. The van der Waals surface area contributed by atoms with Crippen molar-refractivity contribution < 1.29 is 28.7 Å². The van der Waals surface area contributed by atoms with Crippen molar-refractivity contribution in [3.05, 3.63) is 35.4 Å². The molecule has 2 aliphatic rings. The maximum absolute atomic E-state index is 12.8. The second-order valence-electron chi connectivity index (χ2n) is 7.13. The van der Waals surface area contributed by atoms with Crippen LogP contribution in [-0.2, 0) is 14.3 Å². The Morgan fingerprint density at radius 3 is 1.83 bits per heavy atom. The number of benzene rings is 1. The molecule has 0 saturated carbocycles. The second-order valence-corrected chi connectivity index (χ2v) is 7.13. The molecule has 0 aliphatic carbocycles. The number of ether oxygens (including phenoxy) is 1. The van der Waals surface area contributed by atoms with Crippen LogP contribution in [0.1, 0.15) is 82.0 Å². The number of amides is 5. The van der Waals surface area contributed by atoms with Crippen LogP contribution in [-0.4, -0.2) is 51.2 Å². The molecule has 0 bridgehead atoms. The molecule has 1 fully saturated rings. The van der Waals surface area contributed by atoms with Crippen molar-refractivity contribution in [3.63, 3.8) is 0 Å². The number of likely N-dealkylation sites (tertiary alicyclic amines) is 1. The molecule has 3 rings (SSSR count). The largest absolute Gasteiger partial charge is 0.443 e. The number of carbonyl (C=O) groups is 5. The van der Waals surface area contributed by atoms with E-state index in [9.17, 15) is 24.0 Å². The Kier molecular flexibility index (Phi) is 8.45. The number of rotatable bonds is 1. The molecule has 30 heavy (non-hydrogen) atoms. The van der Waals surface area contributed by atoms with E-state index in [2.05, 4.69) is 0 Å². The summed E-state index contributed by atoms with van der Waals surface area (Å²) in [6.45, 7) is 12.8. The highest BCUT2D eigenvalue weighted by atomic mass is 16.6. The van der Waals surface area contributed by atoms with Crippen LogP contribution in [0.3, 0.4) is 0 Å². The van der Waals surface area contributed by atoms with Crippen LogP contribution >= 0.6 is 0 Å². The van der Waals surface area contributed by atoms with E-state index in [1.54, 1.807) is 32.9 Å². The molecule has 8 heteroatoms. The number of carbonyl (C=O) groups excluding carboxylic acids is 5. The Morgan fingerprint density at radius 1 is 0.933 bits per heavy atom. The van der Waals surface area contributed by atoms with Gasteiger partial charge < -0.3 is 4.74 Å². The summed E-state index contributed by atoms with van der Waals surface area (Å²) in [5.41, 5.74) is -0.503. The molecule has 2 aliphatic heterocycles. The molecule has 0 N–H and O–H groups in total. The predicted molar refractivity (Wildman–Crippen MR) is 111 cm³/mol. The van der Waals surface area contributed by atoms with Gasteiger partial charge in [0.05, 0.1) is 11.1 Å². The zero-order valence-corrected chi connectivity index (χ0v) is 18.6. The van der Waals surface area contributed by atoms with Gasteiger partial charge in [0.25, 0.3) is 17.7 Å². The number of fused-ring (bicyclic) bond motifs is 1. The molecule has 1 atom stereocenters. The Labute approximate surface area is 177 Å². The van der Waals surface area contributed by atoms with Gasteiger partial charge in [-0.15, -0.1) is 0 Å². The van der Waals surface area contributed by atoms with Crippen molar-refractivity contribution in [2.24, 2.45) is 0 Å². The molecule has 2 heterocycles. The Hall–Kier alpha value is -3.03. The summed E-state index contributed by atoms with van der Waals surface area (Å²) >= 11 is 0. The third-order valence-corrected chi connectivity index (χ3v) is 4.10. The molecule has 1 aromatic carbocycles. The van der Waals surface area contributed by atoms with Gasteiger partial charge in [-0.05, 0) is 39.3 Å². The molecule has 0 spiro atoms. The highest BCUT2D eigenvalue weighted by Gasteiger charge is 2.49. The zero-order chi connectivity index (χ0) is 23.2. The quantitative estimate of drug-likeness (QED) is 0.643. The molecule has 0 radical (unpaired) electrons. The van der Waals surface area contributed by atoms with Crippen LogP contribution in [0.15, 0.2) is 24.3 Å². The summed E-state index contributed by atoms with van der Waals surface area (Å²) in [5, 5.41) is 0. The number of nitrogens with zero attached hydrogens (tertiary/aromatic N) is 2. The lowest BCUT2D eigenvalue weighted by molar-refractivity contribution is -0.149. The minimum Gasteiger partial charge on any atom is -0.443 e. The summed E-state index contributed by atoms with van der Waals surface area (Å²) in [5.74, 6) is -2.85. The van der Waals surface area contributed by atoms with E-state index in [1.165, 1.54) is 12.1 Å². The molecule has 5 amide bonds. The summed E-state index contributed by atoms with van der Waals surface area (Å²) in [6, 6.07) is 5.02. The number of hydrogen-bond donors (Lipinski definition) is 0. The molecule has 0 aromatic heterocycles. The van der Waals surface area contributed by atoms with E-state index in [0.29, 0.717) is 4.90 Å². The average Bonchev–Trinajstić information content (AvgIpc) is 2.95. The van der Waals surface area contributed by atoms with Crippen molar-refractivity contribution in [3.8, 4) is 0 Å². The topological polar surface area (TPSA) is 101 Å². The SMILES string of the molecule is CC.CC.CC(C)(C)OC(=O)N1C(=O)CCC(N2C(=O)c3ccccc3C2=O)C1=O. The zero-order valence-electron chi connectivity index (χ0n) is 18.6. The van der Waals surface area contributed by atoms with Crippen LogP contribution in [0.4, 0.5) is 4.79 Å². The van der Waals surface area contributed by atoms with Crippen molar-refractivity contribution in [1.29, 1.82) is 0 Å². The monoisotopic (exact) mass is 418 g/mol. The molecule has 8 nitrogen and oxygen atoms in total. The normalized spacial score (nSPS) is 18.2. The number of imide groups is 4. The Balaban J connectivity index is 0.00000106. The Morgan fingerprint density at radius 2 is 1.40 bits per heavy atom. The smallest absolute Gasteiger partial charge is 0.424 e. The first-order chi connectivity index (χ1) is 14.1. The highest BCUT2D eigenvalue weighted by molar-refractivity contribution is 6.24. The summed E-state index contributed by atoms with van der Waals surface area (Å²) in [7, 11) is 0. The van der Waals surface area contributed by atoms with Gasteiger partial charge >= 0.3 is 6.09 Å². The van der Waals surface area contributed by atoms with E-state index in [-0.39, 0.29) is 24.0 Å². The van der Waals surface area contributed by atoms with Crippen LogP contribution in [0.2, 0.25) is 0 Å². The van der Waals surface area contributed by atoms with Crippen LogP contribution in [0.5, 0.6) is 0 Å². The minimum absolute atomic E-state index is 0.0254. The minimum atomic E-state index is -1.22. The van der Waals surface area contributed by atoms with Gasteiger partial charge in [-0.25, -0.2) is 4.79 Å². The number of hydrogen-bond acceptors (Lipinski definition) is 6. The molecule has 164 valence electrons. The molecular weight excluding hydrogens is 388 g/mol. The van der Waals surface area contributed by atoms with Gasteiger partial charge in [-0.1, -0.05) is 39.8 Å². The van der Waals surface area contributed by atoms with Crippen LogP contribution in [0, 0.1) is 0 Å². The Bertz CT molecular complexity index is 805.